The van der Waals surface area contributed by atoms with E-state index >= 15 is 0 Å². The molecule has 0 saturated carbocycles. The molecule has 0 unspecified atom stereocenters. The second-order valence-corrected chi connectivity index (χ2v) is 4.19. The number of aromatic hydroxyl groups is 2. The fourth-order valence-electron chi connectivity index (χ4n) is 1.63. The second kappa shape index (κ2) is 8.95. The van der Waals surface area contributed by atoms with E-state index in [2.05, 4.69) is 9.98 Å². The Bertz CT molecular complexity index is 572. The molecule has 0 aliphatic carbocycles. The van der Waals surface area contributed by atoms with Crippen LogP contribution in [0.15, 0.2) is 58.5 Å². The van der Waals surface area contributed by atoms with Gasteiger partial charge in [-0.05, 0) is 24.3 Å². The molecule has 0 atom stereocenters. The third-order valence-electron chi connectivity index (χ3n) is 2.69. The summed E-state index contributed by atoms with van der Waals surface area (Å²) in [6.07, 6.45) is 3.26. The van der Waals surface area contributed by atoms with Crippen molar-refractivity contribution in [3.05, 3.63) is 59.7 Å². The Morgan fingerprint density at radius 2 is 1.10 bits per heavy atom. The first-order valence-electron chi connectivity index (χ1n) is 6.33. The van der Waals surface area contributed by atoms with Crippen LogP contribution in [0.5, 0.6) is 11.5 Å². The Kier molecular flexibility index (Phi) is 7.22. The van der Waals surface area contributed by atoms with Gasteiger partial charge in [0.2, 0.25) is 0 Å². The van der Waals surface area contributed by atoms with Crippen LogP contribution < -0.4 is 0 Å². The van der Waals surface area contributed by atoms with Crippen LogP contribution in [0.25, 0.3) is 0 Å². The molecule has 0 bridgehead atoms. The van der Waals surface area contributed by atoms with Crippen LogP contribution >= 0.6 is 0 Å². The molecule has 2 N–H and O–H groups in total. The molecule has 2 rings (SSSR count). The van der Waals surface area contributed by atoms with Crippen molar-refractivity contribution in [2.24, 2.45) is 9.98 Å². The van der Waals surface area contributed by atoms with E-state index in [4.69, 9.17) is 0 Å². The van der Waals surface area contributed by atoms with Gasteiger partial charge in [0.1, 0.15) is 11.5 Å². The average Bonchev–Trinajstić information content (AvgIpc) is 2.46. The van der Waals surface area contributed by atoms with Crippen LogP contribution in [0.2, 0.25) is 0 Å². The number of hydrogen-bond acceptors (Lipinski definition) is 4. The number of aliphatic imine (C=N–C) groups is 2. The first-order valence-corrected chi connectivity index (χ1v) is 6.33. The van der Waals surface area contributed by atoms with Gasteiger partial charge in [-0.25, -0.2) is 0 Å². The van der Waals surface area contributed by atoms with E-state index in [9.17, 15) is 10.2 Å². The Hall–Kier alpha value is -2.10. The summed E-state index contributed by atoms with van der Waals surface area (Å²) in [4.78, 5) is 8.39. The molecule has 0 aliphatic rings. The van der Waals surface area contributed by atoms with E-state index in [1.54, 1.807) is 48.8 Å². The predicted octanol–water partition coefficient (Wildman–Crippen LogP) is 2.63. The zero-order valence-electron chi connectivity index (χ0n) is 11.3. The minimum Gasteiger partial charge on any atom is -0.507 e. The van der Waals surface area contributed by atoms with E-state index in [0.29, 0.717) is 24.2 Å². The van der Waals surface area contributed by atoms with Gasteiger partial charge in [-0.1, -0.05) is 24.3 Å². The van der Waals surface area contributed by atoms with Gasteiger partial charge in [0.25, 0.3) is 0 Å². The summed E-state index contributed by atoms with van der Waals surface area (Å²) in [5, 5.41) is 19.1. The van der Waals surface area contributed by atoms with Gasteiger partial charge in [-0.2, -0.15) is 0 Å². The molecule has 0 saturated heterocycles. The van der Waals surface area contributed by atoms with Gasteiger partial charge in [-0.15, -0.1) is 0 Å². The van der Waals surface area contributed by atoms with Crippen molar-refractivity contribution in [3.63, 3.8) is 0 Å². The number of para-hydroxylation sites is 2. The van der Waals surface area contributed by atoms with Crippen molar-refractivity contribution in [1.82, 2.24) is 0 Å². The minimum absolute atomic E-state index is 0. The number of phenolic OH excluding ortho intramolecular Hbond substituents is 2. The molecule has 0 spiro atoms. The monoisotopic (exact) mass is 324 g/mol. The molecule has 2 aromatic carbocycles. The van der Waals surface area contributed by atoms with E-state index in [1.165, 1.54) is 0 Å². The van der Waals surface area contributed by atoms with Crippen LogP contribution in [-0.2, 0) is 17.1 Å². The summed E-state index contributed by atoms with van der Waals surface area (Å²) in [6, 6.07) is 14.1. The van der Waals surface area contributed by atoms with Crippen LogP contribution in [0, 0.1) is 0 Å². The van der Waals surface area contributed by atoms with Gasteiger partial charge in [0, 0.05) is 40.6 Å². The Balaban J connectivity index is 0.00000220. The van der Waals surface area contributed by atoms with Crippen LogP contribution in [0.1, 0.15) is 11.1 Å². The van der Waals surface area contributed by atoms with Crippen molar-refractivity contribution in [2.45, 2.75) is 0 Å². The van der Waals surface area contributed by atoms with Gasteiger partial charge < -0.3 is 10.2 Å². The number of hydrogen-bond donors (Lipinski definition) is 2. The van der Waals surface area contributed by atoms with Gasteiger partial charge in [-0.3, -0.25) is 9.98 Å². The minimum atomic E-state index is 0. The third kappa shape index (κ3) is 5.42. The summed E-state index contributed by atoms with van der Waals surface area (Å²) in [7, 11) is 0. The van der Waals surface area contributed by atoms with Gasteiger partial charge >= 0.3 is 0 Å². The maximum absolute atomic E-state index is 9.54. The molecule has 0 heterocycles. The van der Waals surface area contributed by atoms with Crippen LogP contribution in [-0.4, -0.2) is 35.7 Å². The predicted molar refractivity (Wildman–Crippen MR) is 81.1 cm³/mol. The Labute approximate surface area is 134 Å². The molecule has 110 valence electrons. The Morgan fingerprint density at radius 1 is 0.714 bits per heavy atom. The van der Waals surface area contributed by atoms with Crippen molar-refractivity contribution in [2.75, 3.05) is 13.1 Å². The van der Waals surface area contributed by atoms with Gasteiger partial charge in [0.05, 0.1) is 13.1 Å². The Morgan fingerprint density at radius 3 is 1.48 bits per heavy atom. The molecule has 0 radical (unpaired) electrons. The summed E-state index contributed by atoms with van der Waals surface area (Å²) in [5.41, 5.74) is 1.38. The molecule has 4 nitrogen and oxygen atoms in total. The summed E-state index contributed by atoms with van der Waals surface area (Å²) in [5.74, 6) is 0.433. The van der Waals surface area contributed by atoms with E-state index < -0.39 is 0 Å². The largest absolute Gasteiger partial charge is 0.507 e. The quantitative estimate of drug-likeness (QED) is 0.504. The fourth-order valence-corrected chi connectivity index (χ4v) is 1.63. The number of rotatable bonds is 5. The molecule has 0 aliphatic heterocycles. The van der Waals surface area contributed by atoms with Crippen molar-refractivity contribution in [1.29, 1.82) is 0 Å². The molecule has 0 amide bonds. The maximum Gasteiger partial charge on any atom is 0.124 e. The molecular weight excluding hydrogens is 308 g/mol. The number of nitrogens with zero attached hydrogens (tertiary/aromatic N) is 2. The van der Waals surface area contributed by atoms with E-state index in [1.807, 2.05) is 12.1 Å². The molecule has 0 aromatic heterocycles. The van der Waals surface area contributed by atoms with Crippen LogP contribution in [0.4, 0.5) is 0 Å². The summed E-state index contributed by atoms with van der Waals surface area (Å²) >= 11 is 0. The first kappa shape index (κ1) is 17.0. The first-order chi connectivity index (χ1) is 9.77. The smallest absolute Gasteiger partial charge is 0.124 e. The zero-order valence-corrected chi connectivity index (χ0v) is 12.4. The van der Waals surface area contributed by atoms with E-state index in [0.717, 1.165) is 0 Å². The summed E-state index contributed by atoms with van der Waals surface area (Å²) < 4.78 is 0. The molecule has 2 aromatic rings. The topological polar surface area (TPSA) is 65.2 Å². The third-order valence-corrected chi connectivity index (χ3v) is 2.69. The van der Waals surface area contributed by atoms with Crippen molar-refractivity contribution < 1.29 is 27.3 Å². The normalized spacial score (nSPS) is 10.9. The summed E-state index contributed by atoms with van der Waals surface area (Å²) in [6.45, 7) is 1.05. The molecule has 21 heavy (non-hydrogen) atoms. The molecule has 5 heteroatoms. The SMILES string of the molecule is Oc1ccccc1/C=N/CC/N=C/c1ccccc1O.[Fe]. The number of benzene rings is 2. The van der Waals surface area contributed by atoms with Crippen molar-refractivity contribution in [3.8, 4) is 11.5 Å². The van der Waals surface area contributed by atoms with Crippen molar-refractivity contribution >= 4 is 12.4 Å². The van der Waals surface area contributed by atoms with Gasteiger partial charge in [0.15, 0.2) is 0 Å². The maximum atomic E-state index is 9.54. The standard InChI is InChI=1S/C16H16N2O2.Fe/c19-15-7-3-1-5-13(15)11-17-9-10-18-12-14-6-2-4-8-16(14)20;/h1-8,11-12,19-20H,9-10H2;/b17-11+,18-12+;. The second-order valence-electron chi connectivity index (χ2n) is 4.19. The van der Waals surface area contributed by atoms with Crippen LogP contribution in [0.3, 0.4) is 0 Å². The number of phenols is 2. The molecular formula is C16H16FeN2O2. The average molecular weight is 324 g/mol. The zero-order chi connectivity index (χ0) is 14.2. The molecule has 0 fully saturated rings. The van der Waals surface area contributed by atoms with E-state index in [-0.39, 0.29) is 28.6 Å². The fraction of sp³-hybridized carbons (Fsp3) is 0.125.